The van der Waals surface area contributed by atoms with E-state index in [-0.39, 0.29) is 11.9 Å². The molecule has 1 aromatic heterocycles. The summed E-state index contributed by atoms with van der Waals surface area (Å²) < 4.78 is 10.6. The van der Waals surface area contributed by atoms with Gasteiger partial charge in [-0.3, -0.25) is 10.1 Å². The molecule has 2 aromatic carbocycles. The number of rotatable bonds is 11. The van der Waals surface area contributed by atoms with E-state index in [1.165, 1.54) is 0 Å². The molecule has 40 heavy (non-hydrogen) atoms. The van der Waals surface area contributed by atoms with Crippen LogP contribution in [0.2, 0.25) is 0 Å². The van der Waals surface area contributed by atoms with Gasteiger partial charge in [-0.2, -0.15) is 0 Å². The standard InChI is InChI=1S/C30H39N5O5/c1-30(2,3)40-29(38)33-26-12-7-6-11-25(26)32-27(36)23-15-13-22(14-16-23)21-35(18-9-17-34(4)5)28(37)31-20-24-10-8-19-39-24/h6-8,10-16,19H,9,17-18,20-21H2,1-5H3,(H,31,37)(H,32,36)(H,33,38). The molecule has 4 amide bonds. The first kappa shape index (κ1) is 30.2. The molecule has 0 fully saturated rings. The highest BCUT2D eigenvalue weighted by Gasteiger charge is 2.18. The number of carbonyl (C=O) groups is 3. The Morgan fingerprint density at radius 3 is 2.15 bits per heavy atom. The third-order valence-corrected chi connectivity index (χ3v) is 5.71. The number of nitrogens with zero attached hydrogens (tertiary/aromatic N) is 2. The van der Waals surface area contributed by atoms with Crippen LogP contribution in [-0.2, 0) is 17.8 Å². The topological polar surface area (TPSA) is 116 Å². The molecule has 0 saturated carbocycles. The van der Waals surface area contributed by atoms with E-state index in [9.17, 15) is 14.4 Å². The highest BCUT2D eigenvalue weighted by molar-refractivity contribution is 6.06. The number of urea groups is 1. The summed E-state index contributed by atoms with van der Waals surface area (Å²) in [4.78, 5) is 42.0. The van der Waals surface area contributed by atoms with Crippen molar-refractivity contribution in [3.63, 3.8) is 0 Å². The summed E-state index contributed by atoms with van der Waals surface area (Å²) in [6, 6.07) is 17.4. The molecule has 0 saturated heterocycles. The number of hydrogen-bond donors (Lipinski definition) is 3. The lowest BCUT2D eigenvalue weighted by atomic mass is 10.1. The average Bonchev–Trinajstić information content (AvgIpc) is 3.41. The summed E-state index contributed by atoms with van der Waals surface area (Å²) in [6.45, 7) is 7.46. The summed E-state index contributed by atoms with van der Waals surface area (Å²) in [7, 11) is 3.99. The normalized spacial score (nSPS) is 11.2. The number of para-hydroxylation sites is 2. The van der Waals surface area contributed by atoms with Gasteiger partial charge in [-0.1, -0.05) is 24.3 Å². The molecule has 0 aliphatic heterocycles. The van der Waals surface area contributed by atoms with E-state index < -0.39 is 11.7 Å². The summed E-state index contributed by atoms with van der Waals surface area (Å²) in [6.07, 6.45) is 1.78. The first-order valence-electron chi connectivity index (χ1n) is 13.2. The van der Waals surface area contributed by atoms with Crippen LogP contribution >= 0.6 is 0 Å². The number of anilines is 2. The van der Waals surface area contributed by atoms with Crippen LogP contribution in [0.5, 0.6) is 0 Å². The summed E-state index contributed by atoms with van der Waals surface area (Å²) in [5.41, 5.74) is 1.56. The first-order valence-corrected chi connectivity index (χ1v) is 13.2. The molecule has 3 aromatic rings. The molecule has 10 heteroatoms. The monoisotopic (exact) mass is 549 g/mol. The van der Waals surface area contributed by atoms with Crippen molar-refractivity contribution in [2.75, 3.05) is 37.8 Å². The maximum atomic E-state index is 13.0. The van der Waals surface area contributed by atoms with Crippen molar-refractivity contribution in [3.8, 4) is 0 Å². The van der Waals surface area contributed by atoms with E-state index in [0.29, 0.717) is 42.3 Å². The van der Waals surface area contributed by atoms with Gasteiger partial charge in [-0.05, 0) is 89.8 Å². The van der Waals surface area contributed by atoms with E-state index >= 15 is 0 Å². The molecule has 0 radical (unpaired) electrons. The van der Waals surface area contributed by atoms with Crippen LogP contribution in [0.25, 0.3) is 0 Å². The zero-order chi connectivity index (χ0) is 29.1. The van der Waals surface area contributed by atoms with Gasteiger partial charge in [0.15, 0.2) is 0 Å². The maximum Gasteiger partial charge on any atom is 0.412 e. The molecule has 0 unspecified atom stereocenters. The van der Waals surface area contributed by atoms with Crippen LogP contribution in [0.4, 0.5) is 21.0 Å². The van der Waals surface area contributed by atoms with Crippen LogP contribution < -0.4 is 16.0 Å². The van der Waals surface area contributed by atoms with Crippen LogP contribution in [0.1, 0.15) is 48.9 Å². The van der Waals surface area contributed by atoms with Crippen molar-refractivity contribution in [2.24, 2.45) is 0 Å². The number of carbonyl (C=O) groups excluding carboxylic acids is 3. The van der Waals surface area contributed by atoms with Gasteiger partial charge in [0.05, 0.1) is 24.2 Å². The molecule has 0 aliphatic rings. The second-order valence-corrected chi connectivity index (χ2v) is 10.6. The summed E-state index contributed by atoms with van der Waals surface area (Å²) in [5, 5.41) is 8.43. The number of hydrogen-bond acceptors (Lipinski definition) is 6. The van der Waals surface area contributed by atoms with E-state index in [1.807, 2.05) is 32.3 Å². The average molecular weight is 550 g/mol. The van der Waals surface area contributed by atoms with Gasteiger partial charge >= 0.3 is 12.1 Å². The fourth-order valence-electron chi connectivity index (χ4n) is 3.81. The predicted octanol–water partition coefficient (Wildman–Crippen LogP) is 5.54. The Morgan fingerprint density at radius 2 is 1.55 bits per heavy atom. The van der Waals surface area contributed by atoms with Gasteiger partial charge < -0.3 is 29.6 Å². The van der Waals surface area contributed by atoms with Crippen molar-refractivity contribution in [3.05, 3.63) is 83.8 Å². The number of nitrogens with one attached hydrogen (secondary N) is 3. The SMILES string of the molecule is CN(C)CCCN(Cc1ccc(C(=O)Nc2ccccc2NC(=O)OC(C)(C)C)cc1)C(=O)NCc1ccco1. The molecule has 0 atom stereocenters. The second-order valence-electron chi connectivity index (χ2n) is 10.6. The molecule has 0 bridgehead atoms. The van der Waals surface area contributed by atoms with E-state index in [4.69, 9.17) is 9.15 Å². The molecule has 1 heterocycles. The van der Waals surface area contributed by atoms with Crippen molar-refractivity contribution < 1.29 is 23.5 Å². The van der Waals surface area contributed by atoms with Crippen LogP contribution in [-0.4, -0.2) is 60.6 Å². The quantitative estimate of drug-likeness (QED) is 0.289. The van der Waals surface area contributed by atoms with Crippen LogP contribution in [0.15, 0.2) is 71.3 Å². The zero-order valence-corrected chi connectivity index (χ0v) is 23.8. The van der Waals surface area contributed by atoms with Gasteiger partial charge in [0.2, 0.25) is 0 Å². The molecule has 214 valence electrons. The highest BCUT2D eigenvalue weighted by Crippen LogP contribution is 2.23. The third-order valence-electron chi connectivity index (χ3n) is 5.71. The van der Waals surface area contributed by atoms with Crippen molar-refractivity contribution in [2.45, 2.75) is 45.9 Å². The molecule has 10 nitrogen and oxygen atoms in total. The number of ether oxygens (including phenoxy) is 1. The predicted molar refractivity (Wildman–Crippen MR) is 155 cm³/mol. The zero-order valence-electron chi connectivity index (χ0n) is 23.8. The Labute approximate surface area is 235 Å². The lowest BCUT2D eigenvalue weighted by molar-refractivity contribution is 0.0635. The third kappa shape index (κ3) is 10.1. The molecule has 3 rings (SSSR count). The fourth-order valence-corrected chi connectivity index (χ4v) is 3.81. The van der Waals surface area contributed by atoms with Crippen LogP contribution in [0.3, 0.4) is 0 Å². The minimum atomic E-state index is -0.647. The van der Waals surface area contributed by atoms with Gasteiger partial charge in [-0.15, -0.1) is 0 Å². The lowest BCUT2D eigenvalue weighted by Gasteiger charge is -2.24. The van der Waals surface area contributed by atoms with Crippen LogP contribution in [0, 0.1) is 0 Å². The molecular formula is C30H39N5O5. The second kappa shape index (κ2) is 14.2. The lowest BCUT2D eigenvalue weighted by Crippen LogP contribution is -2.40. The number of benzene rings is 2. The van der Waals surface area contributed by atoms with Crippen molar-refractivity contribution >= 4 is 29.4 Å². The van der Waals surface area contributed by atoms with Crippen molar-refractivity contribution in [1.29, 1.82) is 0 Å². The minimum absolute atomic E-state index is 0.189. The van der Waals surface area contributed by atoms with Gasteiger partial charge in [0.1, 0.15) is 11.4 Å². The molecule has 3 N–H and O–H groups in total. The first-order chi connectivity index (χ1) is 19.0. The van der Waals surface area contributed by atoms with E-state index in [2.05, 4.69) is 20.9 Å². The van der Waals surface area contributed by atoms with Crippen molar-refractivity contribution in [1.82, 2.24) is 15.1 Å². The Kier molecular flexibility index (Phi) is 10.7. The fraction of sp³-hybridized carbons (Fsp3) is 0.367. The molecule has 0 spiro atoms. The number of amides is 4. The maximum absolute atomic E-state index is 13.0. The molecular weight excluding hydrogens is 510 g/mol. The van der Waals surface area contributed by atoms with E-state index in [0.717, 1.165) is 18.5 Å². The van der Waals surface area contributed by atoms with E-state index in [1.54, 1.807) is 74.4 Å². The van der Waals surface area contributed by atoms with Gasteiger partial charge in [-0.25, -0.2) is 9.59 Å². The number of furan rings is 1. The Hall–Kier alpha value is -4.31. The Morgan fingerprint density at radius 1 is 0.875 bits per heavy atom. The largest absolute Gasteiger partial charge is 0.467 e. The summed E-state index contributed by atoms with van der Waals surface area (Å²) in [5.74, 6) is 0.351. The minimum Gasteiger partial charge on any atom is -0.467 e. The molecule has 0 aliphatic carbocycles. The Bertz CT molecular complexity index is 1250. The Balaban J connectivity index is 1.63. The summed E-state index contributed by atoms with van der Waals surface area (Å²) >= 11 is 0. The van der Waals surface area contributed by atoms with Gasteiger partial charge in [0, 0.05) is 18.7 Å². The smallest absolute Gasteiger partial charge is 0.412 e. The highest BCUT2D eigenvalue weighted by atomic mass is 16.6. The van der Waals surface area contributed by atoms with Gasteiger partial charge in [0.25, 0.3) is 5.91 Å².